The van der Waals surface area contributed by atoms with Crippen molar-refractivity contribution in [3.8, 4) is 0 Å². The van der Waals surface area contributed by atoms with E-state index in [2.05, 4.69) is 54.2 Å². The lowest BCUT2D eigenvalue weighted by atomic mass is 9.84. The molecule has 0 saturated heterocycles. The van der Waals surface area contributed by atoms with E-state index in [9.17, 15) is 4.79 Å². The van der Waals surface area contributed by atoms with Crippen LogP contribution in [0.4, 0.5) is 5.69 Å². The fourth-order valence-electron chi connectivity index (χ4n) is 3.03. The van der Waals surface area contributed by atoms with Gasteiger partial charge in [0.25, 0.3) is 0 Å². The molecule has 0 saturated carbocycles. The Kier molecular flexibility index (Phi) is 4.20. The van der Waals surface area contributed by atoms with Crippen LogP contribution in [0, 0.1) is 0 Å². The highest BCUT2D eigenvalue weighted by Crippen LogP contribution is 2.32. The van der Waals surface area contributed by atoms with E-state index < -0.39 is 0 Å². The van der Waals surface area contributed by atoms with Crippen LogP contribution in [-0.4, -0.2) is 27.6 Å². The summed E-state index contributed by atoms with van der Waals surface area (Å²) < 4.78 is 0. The molecule has 1 aromatic heterocycles. The second kappa shape index (κ2) is 6.14. The molecule has 122 valence electrons. The number of benzene rings is 1. The van der Waals surface area contributed by atoms with Crippen molar-refractivity contribution in [3.63, 3.8) is 0 Å². The van der Waals surface area contributed by atoms with E-state index in [-0.39, 0.29) is 11.3 Å². The molecule has 0 radical (unpaired) electrons. The average Bonchev–Trinajstić information content (AvgIpc) is 3.04. The summed E-state index contributed by atoms with van der Waals surface area (Å²) >= 11 is 0. The van der Waals surface area contributed by atoms with Gasteiger partial charge in [-0.15, -0.1) is 0 Å². The van der Waals surface area contributed by atoms with Crippen LogP contribution < -0.4 is 4.90 Å². The zero-order valence-electron chi connectivity index (χ0n) is 14.1. The van der Waals surface area contributed by atoms with Gasteiger partial charge in [0, 0.05) is 25.1 Å². The van der Waals surface area contributed by atoms with E-state index in [1.165, 1.54) is 17.5 Å². The van der Waals surface area contributed by atoms with Crippen LogP contribution in [0.15, 0.2) is 24.5 Å². The van der Waals surface area contributed by atoms with E-state index in [1.807, 2.05) is 4.90 Å². The predicted octanol–water partition coefficient (Wildman–Crippen LogP) is 3.01. The van der Waals surface area contributed by atoms with Crippen molar-refractivity contribution in [2.45, 2.75) is 51.9 Å². The molecule has 5 heteroatoms. The average molecular weight is 312 g/mol. The molecule has 3 rings (SSSR count). The van der Waals surface area contributed by atoms with E-state index in [0.29, 0.717) is 12.8 Å². The summed E-state index contributed by atoms with van der Waals surface area (Å²) in [5.74, 6) is 0.921. The topological polar surface area (TPSA) is 61.9 Å². The first kappa shape index (κ1) is 15.7. The van der Waals surface area contributed by atoms with Gasteiger partial charge < -0.3 is 4.90 Å². The van der Waals surface area contributed by atoms with Gasteiger partial charge in [0.05, 0.1) is 0 Å². The van der Waals surface area contributed by atoms with Crippen LogP contribution in [0.1, 0.15) is 50.6 Å². The lowest BCUT2D eigenvalue weighted by molar-refractivity contribution is -0.118. The molecular weight excluding hydrogens is 288 g/mol. The van der Waals surface area contributed by atoms with E-state index in [4.69, 9.17) is 0 Å². The molecule has 0 bridgehead atoms. The molecule has 23 heavy (non-hydrogen) atoms. The minimum atomic E-state index is 0.133. The third-order valence-electron chi connectivity index (χ3n) is 4.41. The standard InChI is InChI=1S/C18H24N4O/c1-18(2,3)14-6-7-15-13(11-14)5-4-10-22(15)17(23)9-8-16-19-12-20-21-16/h6-7,11-12H,4-5,8-10H2,1-3H3,(H,19,20,21). The van der Waals surface area contributed by atoms with E-state index in [1.54, 1.807) is 0 Å². The van der Waals surface area contributed by atoms with Crippen molar-refractivity contribution in [3.05, 3.63) is 41.5 Å². The number of rotatable bonds is 3. The Bertz CT molecular complexity index is 686. The maximum Gasteiger partial charge on any atom is 0.227 e. The van der Waals surface area contributed by atoms with Gasteiger partial charge in [-0.3, -0.25) is 9.89 Å². The number of nitrogens with zero attached hydrogens (tertiary/aromatic N) is 3. The van der Waals surface area contributed by atoms with Crippen LogP contribution in [-0.2, 0) is 23.1 Å². The van der Waals surface area contributed by atoms with Gasteiger partial charge in [-0.05, 0) is 35.4 Å². The molecule has 2 heterocycles. The molecular formula is C18H24N4O. The van der Waals surface area contributed by atoms with Gasteiger partial charge in [0.1, 0.15) is 12.2 Å². The highest BCUT2D eigenvalue weighted by atomic mass is 16.2. The maximum atomic E-state index is 12.6. The molecule has 1 aromatic carbocycles. The molecule has 0 unspecified atom stereocenters. The Balaban J connectivity index is 1.77. The Labute approximate surface area is 137 Å². The zero-order valence-corrected chi connectivity index (χ0v) is 14.1. The normalized spacial score (nSPS) is 14.7. The number of hydrogen-bond acceptors (Lipinski definition) is 3. The number of aromatic nitrogens is 3. The Morgan fingerprint density at radius 3 is 2.87 bits per heavy atom. The molecule has 0 fully saturated rings. The fourth-order valence-corrected chi connectivity index (χ4v) is 3.03. The van der Waals surface area contributed by atoms with Crippen molar-refractivity contribution >= 4 is 11.6 Å². The number of hydrogen-bond donors (Lipinski definition) is 1. The summed E-state index contributed by atoms with van der Waals surface area (Å²) in [6.45, 7) is 7.46. The molecule has 1 aliphatic rings. The second-order valence-corrected chi connectivity index (χ2v) is 7.17. The Hall–Kier alpha value is -2.17. The van der Waals surface area contributed by atoms with Crippen molar-refractivity contribution in [2.24, 2.45) is 0 Å². The predicted molar refractivity (Wildman–Crippen MR) is 90.5 cm³/mol. The molecule has 1 aliphatic heterocycles. The quantitative estimate of drug-likeness (QED) is 0.947. The molecule has 1 amide bonds. The summed E-state index contributed by atoms with van der Waals surface area (Å²) in [6, 6.07) is 6.54. The third kappa shape index (κ3) is 3.44. The number of carbonyl (C=O) groups is 1. The Morgan fingerprint density at radius 2 is 2.17 bits per heavy atom. The number of anilines is 1. The van der Waals surface area contributed by atoms with Gasteiger partial charge >= 0.3 is 0 Å². The zero-order chi connectivity index (χ0) is 16.4. The second-order valence-electron chi connectivity index (χ2n) is 7.17. The van der Waals surface area contributed by atoms with Gasteiger partial charge in [-0.25, -0.2) is 4.98 Å². The number of fused-ring (bicyclic) bond motifs is 1. The molecule has 5 nitrogen and oxygen atoms in total. The smallest absolute Gasteiger partial charge is 0.227 e. The van der Waals surface area contributed by atoms with Crippen LogP contribution in [0.3, 0.4) is 0 Å². The summed E-state index contributed by atoms with van der Waals surface area (Å²) in [4.78, 5) is 18.6. The molecule has 0 spiro atoms. The first-order valence-corrected chi connectivity index (χ1v) is 8.23. The number of amides is 1. The largest absolute Gasteiger partial charge is 0.312 e. The van der Waals surface area contributed by atoms with Crippen LogP contribution in [0.2, 0.25) is 0 Å². The van der Waals surface area contributed by atoms with Gasteiger partial charge in [-0.1, -0.05) is 32.9 Å². The molecule has 2 aromatic rings. The number of aryl methyl sites for hydroxylation is 2. The first-order valence-electron chi connectivity index (χ1n) is 8.23. The van der Waals surface area contributed by atoms with Crippen molar-refractivity contribution in [2.75, 3.05) is 11.4 Å². The first-order chi connectivity index (χ1) is 10.9. The van der Waals surface area contributed by atoms with Crippen LogP contribution >= 0.6 is 0 Å². The number of carbonyl (C=O) groups excluding carboxylic acids is 1. The van der Waals surface area contributed by atoms with Crippen molar-refractivity contribution in [1.82, 2.24) is 15.2 Å². The van der Waals surface area contributed by atoms with Crippen LogP contribution in [0.5, 0.6) is 0 Å². The van der Waals surface area contributed by atoms with Gasteiger partial charge in [0.2, 0.25) is 5.91 Å². The minimum Gasteiger partial charge on any atom is -0.312 e. The molecule has 0 aliphatic carbocycles. The Morgan fingerprint density at radius 1 is 1.35 bits per heavy atom. The lowest BCUT2D eigenvalue weighted by Crippen LogP contribution is -2.35. The van der Waals surface area contributed by atoms with E-state index >= 15 is 0 Å². The van der Waals surface area contributed by atoms with Gasteiger partial charge in [0.15, 0.2) is 0 Å². The summed E-state index contributed by atoms with van der Waals surface area (Å²) in [5.41, 5.74) is 3.82. The SMILES string of the molecule is CC(C)(C)c1ccc2c(c1)CCCN2C(=O)CCc1ncn[nH]1. The summed E-state index contributed by atoms with van der Waals surface area (Å²) in [7, 11) is 0. The highest BCUT2D eigenvalue weighted by molar-refractivity contribution is 5.94. The third-order valence-corrected chi connectivity index (χ3v) is 4.41. The molecule has 0 atom stereocenters. The van der Waals surface area contributed by atoms with Crippen LogP contribution in [0.25, 0.3) is 0 Å². The maximum absolute atomic E-state index is 12.6. The monoisotopic (exact) mass is 312 g/mol. The van der Waals surface area contributed by atoms with Crippen molar-refractivity contribution < 1.29 is 4.79 Å². The minimum absolute atomic E-state index is 0.133. The number of H-pyrrole nitrogens is 1. The number of nitrogens with one attached hydrogen (secondary N) is 1. The summed E-state index contributed by atoms with van der Waals surface area (Å²) in [6.07, 6.45) is 4.60. The fraction of sp³-hybridized carbons (Fsp3) is 0.500. The lowest BCUT2D eigenvalue weighted by Gasteiger charge is -2.31. The van der Waals surface area contributed by atoms with E-state index in [0.717, 1.165) is 30.9 Å². The van der Waals surface area contributed by atoms with Gasteiger partial charge in [-0.2, -0.15) is 5.10 Å². The van der Waals surface area contributed by atoms with Crippen molar-refractivity contribution in [1.29, 1.82) is 0 Å². The molecule has 1 N–H and O–H groups in total. The highest BCUT2D eigenvalue weighted by Gasteiger charge is 2.24. The summed E-state index contributed by atoms with van der Waals surface area (Å²) in [5, 5.41) is 6.63. The number of aromatic amines is 1.